The molecule has 8 heteroatoms. The molecule has 0 spiro atoms. The molecule has 0 aliphatic carbocycles. The number of carbonyl (C=O) groups is 2. The van der Waals surface area contributed by atoms with Crippen molar-refractivity contribution in [2.75, 3.05) is 13.2 Å². The Hall–Kier alpha value is -3.94. The van der Waals surface area contributed by atoms with Crippen molar-refractivity contribution in [2.24, 2.45) is 0 Å². The monoisotopic (exact) mass is 722 g/mol. The van der Waals surface area contributed by atoms with Gasteiger partial charge in [0.2, 0.25) is 0 Å². The van der Waals surface area contributed by atoms with E-state index in [1.807, 2.05) is 0 Å². The summed E-state index contributed by atoms with van der Waals surface area (Å²) in [6, 6.07) is 8.78. The van der Waals surface area contributed by atoms with Gasteiger partial charge in [0.05, 0.1) is 13.2 Å². The Morgan fingerprint density at radius 3 is 0.885 bits per heavy atom. The molecule has 2 aromatic rings. The fraction of sp³-hybridized carbons (Fsp3) is 0.591. The third-order valence-corrected chi connectivity index (χ3v) is 9.35. The number of benzene rings is 2. The molecule has 2 rings (SSSR count). The highest BCUT2D eigenvalue weighted by Crippen LogP contribution is 2.26. The number of carbonyl (C=O) groups excluding carboxylic acids is 2. The Morgan fingerprint density at radius 2 is 0.635 bits per heavy atom. The third kappa shape index (κ3) is 23.5. The second-order valence-electron chi connectivity index (χ2n) is 14.0. The average Bonchev–Trinajstić information content (AvgIpc) is 3.13. The minimum absolute atomic E-state index is 0.187. The predicted octanol–water partition coefficient (Wildman–Crippen LogP) is 11.7. The smallest absolute Gasteiger partial charge is 0.330 e. The molecular weight excluding hydrogens is 656 g/mol. The van der Waals surface area contributed by atoms with E-state index in [-0.39, 0.29) is 23.0 Å². The lowest BCUT2D eigenvalue weighted by Gasteiger charge is -2.05. The molecule has 0 aromatic heterocycles. The first-order chi connectivity index (χ1) is 25.3. The van der Waals surface area contributed by atoms with Gasteiger partial charge in [0.25, 0.3) is 0 Å². The average molecular weight is 723 g/mol. The van der Waals surface area contributed by atoms with E-state index in [1.165, 1.54) is 165 Å². The molecule has 0 fully saturated rings. The summed E-state index contributed by atoms with van der Waals surface area (Å²) < 4.78 is 10.5. The first-order valence-corrected chi connectivity index (χ1v) is 20.1. The van der Waals surface area contributed by atoms with Gasteiger partial charge in [-0.2, -0.15) is 0 Å². The lowest BCUT2D eigenvalue weighted by molar-refractivity contribution is -0.138. The first-order valence-electron chi connectivity index (χ1n) is 20.1. The van der Waals surface area contributed by atoms with Gasteiger partial charge in [0.15, 0.2) is 23.0 Å². The summed E-state index contributed by atoms with van der Waals surface area (Å²) in [5.41, 5.74) is 1.25. The second-order valence-corrected chi connectivity index (χ2v) is 14.0. The van der Waals surface area contributed by atoms with Crippen LogP contribution in [0.3, 0.4) is 0 Å². The van der Waals surface area contributed by atoms with Crippen molar-refractivity contribution < 1.29 is 39.5 Å². The Balaban J connectivity index is 1.22. The Morgan fingerprint density at radius 1 is 0.385 bits per heavy atom. The van der Waals surface area contributed by atoms with Crippen molar-refractivity contribution in [1.29, 1.82) is 0 Å². The highest BCUT2D eigenvalue weighted by molar-refractivity contribution is 5.87. The fourth-order valence-corrected chi connectivity index (χ4v) is 6.15. The van der Waals surface area contributed by atoms with E-state index in [0.717, 1.165) is 25.7 Å². The maximum absolute atomic E-state index is 11.8. The third-order valence-electron chi connectivity index (χ3n) is 9.35. The Bertz CT molecular complexity index is 1200. The Kier molecular flexibility index (Phi) is 25.2. The van der Waals surface area contributed by atoms with Gasteiger partial charge in [-0.3, -0.25) is 0 Å². The molecule has 8 nitrogen and oxygen atoms in total. The number of hydrogen-bond acceptors (Lipinski definition) is 8. The van der Waals surface area contributed by atoms with Crippen LogP contribution in [0.5, 0.6) is 23.0 Å². The van der Waals surface area contributed by atoms with Crippen molar-refractivity contribution in [3.8, 4) is 23.0 Å². The lowest BCUT2D eigenvalue weighted by atomic mass is 10.0. The summed E-state index contributed by atoms with van der Waals surface area (Å²) in [5, 5.41) is 37.7. The van der Waals surface area contributed by atoms with Gasteiger partial charge in [-0.15, -0.1) is 0 Å². The molecule has 0 radical (unpaired) electrons. The number of ether oxygens (including phenoxy) is 2. The highest BCUT2D eigenvalue weighted by Gasteiger charge is 2.03. The molecule has 0 atom stereocenters. The van der Waals surface area contributed by atoms with Crippen molar-refractivity contribution in [2.45, 2.75) is 154 Å². The number of esters is 2. The molecule has 52 heavy (non-hydrogen) atoms. The normalized spacial score (nSPS) is 11.5. The summed E-state index contributed by atoms with van der Waals surface area (Å²) in [4.78, 5) is 23.6. The maximum atomic E-state index is 11.8. The second kappa shape index (κ2) is 29.6. The summed E-state index contributed by atoms with van der Waals surface area (Å²) in [6.07, 6.45) is 36.3. The fourth-order valence-electron chi connectivity index (χ4n) is 6.15. The summed E-state index contributed by atoms with van der Waals surface area (Å²) in [6.45, 7) is 0.857. The standard InChI is InChI=1S/C44H66O8/c45-39-29-25-37(35-41(39)47)27-31-43(49)51-33-23-21-19-17-15-13-11-9-7-5-3-1-2-4-6-8-10-12-14-16-18-20-22-24-34-52-44(50)32-28-38-26-30-40(46)42(48)36-38/h25-32,35-36,45-48H,1-24,33-34H2/b31-27+,32-28+. The van der Waals surface area contributed by atoms with Crippen molar-refractivity contribution >= 4 is 24.1 Å². The molecule has 4 N–H and O–H groups in total. The molecule has 290 valence electrons. The van der Waals surface area contributed by atoms with Crippen LogP contribution in [-0.2, 0) is 19.1 Å². The van der Waals surface area contributed by atoms with Crippen LogP contribution >= 0.6 is 0 Å². The summed E-state index contributed by atoms with van der Waals surface area (Å²) >= 11 is 0. The molecule has 0 amide bonds. The van der Waals surface area contributed by atoms with E-state index in [9.17, 15) is 30.0 Å². The molecule has 2 aromatic carbocycles. The van der Waals surface area contributed by atoms with Crippen LogP contribution in [-0.4, -0.2) is 45.6 Å². The lowest BCUT2D eigenvalue weighted by Crippen LogP contribution is -2.02. The van der Waals surface area contributed by atoms with Gasteiger partial charge in [0.1, 0.15) is 0 Å². The number of phenols is 4. The topological polar surface area (TPSA) is 134 Å². The van der Waals surface area contributed by atoms with Gasteiger partial charge in [-0.05, 0) is 60.4 Å². The van der Waals surface area contributed by atoms with E-state index in [0.29, 0.717) is 24.3 Å². The molecule has 0 bridgehead atoms. The zero-order valence-electron chi connectivity index (χ0n) is 31.6. The van der Waals surface area contributed by atoms with Crippen LogP contribution in [0.25, 0.3) is 12.2 Å². The van der Waals surface area contributed by atoms with Gasteiger partial charge < -0.3 is 29.9 Å². The quantitative estimate of drug-likeness (QED) is 0.0261. The van der Waals surface area contributed by atoms with Crippen molar-refractivity contribution in [1.82, 2.24) is 0 Å². The van der Waals surface area contributed by atoms with Gasteiger partial charge >= 0.3 is 11.9 Å². The molecule has 0 saturated carbocycles. The summed E-state index contributed by atoms with van der Waals surface area (Å²) in [5.74, 6) is -1.59. The van der Waals surface area contributed by atoms with E-state index >= 15 is 0 Å². The van der Waals surface area contributed by atoms with Crippen LogP contribution in [0.2, 0.25) is 0 Å². The highest BCUT2D eigenvalue weighted by atomic mass is 16.5. The van der Waals surface area contributed by atoms with Crippen LogP contribution in [0, 0.1) is 0 Å². The van der Waals surface area contributed by atoms with Crippen LogP contribution in [0.15, 0.2) is 48.6 Å². The minimum Gasteiger partial charge on any atom is -0.504 e. The molecule has 0 aliphatic heterocycles. The zero-order chi connectivity index (χ0) is 37.5. The largest absolute Gasteiger partial charge is 0.504 e. The molecule has 0 saturated heterocycles. The van der Waals surface area contributed by atoms with Crippen molar-refractivity contribution in [3.05, 3.63) is 59.7 Å². The molecular formula is C44H66O8. The van der Waals surface area contributed by atoms with E-state index in [2.05, 4.69) is 0 Å². The Labute approximate surface area is 313 Å². The number of unbranched alkanes of at least 4 members (excludes halogenated alkanes) is 23. The number of rotatable bonds is 31. The van der Waals surface area contributed by atoms with Crippen molar-refractivity contribution in [3.63, 3.8) is 0 Å². The number of aromatic hydroxyl groups is 4. The number of hydrogen-bond donors (Lipinski definition) is 4. The van der Waals surface area contributed by atoms with E-state index < -0.39 is 11.9 Å². The van der Waals surface area contributed by atoms with Gasteiger partial charge in [0, 0.05) is 12.2 Å². The number of phenolic OH excluding ortho intramolecular Hbond substituents is 4. The van der Waals surface area contributed by atoms with Gasteiger partial charge in [-0.1, -0.05) is 153 Å². The summed E-state index contributed by atoms with van der Waals surface area (Å²) in [7, 11) is 0. The van der Waals surface area contributed by atoms with Crippen LogP contribution < -0.4 is 0 Å². The minimum atomic E-state index is -0.393. The SMILES string of the molecule is O=C(/C=C/c1ccc(O)c(O)c1)OCCCCCCCCCCCCCCCCCCCCCCCCCCOC(=O)/C=C/c1ccc(O)c(O)c1. The predicted molar refractivity (Wildman–Crippen MR) is 210 cm³/mol. The van der Waals surface area contributed by atoms with E-state index in [4.69, 9.17) is 9.47 Å². The molecule has 0 heterocycles. The first kappa shape index (κ1) is 44.2. The maximum Gasteiger partial charge on any atom is 0.330 e. The van der Waals surface area contributed by atoms with Crippen LogP contribution in [0.1, 0.15) is 165 Å². The zero-order valence-corrected chi connectivity index (χ0v) is 31.6. The molecule has 0 aliphatic rings. The van der Waals surface area contributed by atoms with Crippen LogP contribution in [0.4, 0.5) is 0 Å². The van der Waals surface area contributed by atoms with E-state index in [1.54, 1.807) is 24.3 Å². The van der Waals surface area contributed by atoms with Gasteiger partial charge in [-0.25, -0.2) is 9.59 Å². The molecule has 0 unspecified atom stereocenters.